The summed E-state index contributed by atoms with van der Waals surface area (Å²) in [5.74, 6) is 0.429. The molecule has 1 fully saturated rings. The standard InChI is InChI=1S/C23H29ClN6O4S/c1-5-28-14-21(18(4)25-28)35(32,33)30-10-8-27(9-11-30)23(31)20-6-7-29(26-20)15-34-19-12-16(2)22(24)17(3)13-19/h6-7,12-14H,5,8-11,15H2,1-4H3. The molecule has 2 aromatic heterocycles. The average Bonchev–Trinajstić information content (AvgIpc) is 3.47. The normalized spacial score (nSPS) is 14.9. The fourth-order valence-electron chi connectivity index (χ4n) is 4.03. The Balaban J connectivity index is 1.35. The molecule has 1 saturated heterocycles. The number of halogens is 1. The molecule has 0 unspecified atom stereocenters. The highest BCUT2D eigenvalue weighted by Crippen LogP contribution is 2.26. The molecule has 1 aliphatic rings. The van der Waals surface area contributed by atoms with Crippen molar-refractivity contribution in [3.63, 3.8) is 0 Å². The third kappa shape index (κ3) is 5.21. The first kappa shape index (κ1) is 25.2. The number of nitrogens with zero attached hydrogens (tertiary/aromatic N) is 6. The molecule has 3 heterocycles. The Morgan fingerprint density at radius 2 is 1.71 bits per heavy atom. The molecule has 3 aromatic rings. The van der Waals surface area contributed by atoms with Gasteiger partial charge in [0.2, 0.25) is 10.0 Å². The SMILES string of the molecule is CCn1cc(S(=O)(=O)N2CCN(C(=O)c3ccn(COc4cc(C)c(Cl)c(C)c4)n3)CC2)c(C)n1. The van der Waals surface area contributed by atoms with Crippen molar-refractivity contribution < 1.29 is 17.9 Å². The maximum atomic E-state index is 13.1. The topological polar surface area (TPSA) is 103 Å². The van der Waals surface area contributed by atoms with Gasteiger partial charge in [-0.15, -0.1) is 0 Å². The van der Waals surface area contributed by atoms with Gasteiger partial charge in [0.1, 0.15) is 10.6 Å². The van der Waals surface area contributed by atoms with Gasteiger partial charge in [0.05, 0.1) is 5.69 Å². The van der Waals surface area contributed by atoms with Crippen molar-refractivity contribution in [2.24, 2.45) is 0 Å². The van der Waals surface area contributed by atoms with Crippen molar-refractivity contribution >= 4 is 27.5 Å². The molecule has 10 nitrogen and oxygen atoms in total. The molecule has 0 aliphatic carbocycles. The molecule has 0 radical (unpaired) electrons. The van der Waals surface area contributed by atoms with Crippen LogP contribution in [0.1, 0.15) is 34.2 Å². The molecule has 1 aliphatic heterocycles. The smallest absolute Gasteiger partial charge is 0.274 e. The summed E-state index contributed by atoms with van der Waals surface area (Å²) in [6, 6.07) is 5.34. The highest BCUT2D eigenvalue weighted by atomic mass is 35.5. The molecular formula is C23H29ClN6O4S. The zero-order valence-electron chi connectivity index (χ0n) is 20.2. The fourth-order valence-corrected chi connectivity index (χ4v) is 5.73. The molecule has 1 aromatic carbocycles. The minimum atomic E-state index is -3.67. The Hall–Kier alpha value is -2.89. The zero-order chi connectivity index (χ0) is 25.3. The van der Waals surface area contributed by atoms with Gasteiger partial charge in [-0.25, -0.2) is 13.1 Å². The molecule has 188 valence electrons. The third-order valence-corrected chi connectivity index (χ3v) is 8.60. The summed E-state index contributed by atoms with van der Waals surface area (Å²) in [4.78, 5) is 14.8. The lowest BCUT2D eigenvalue weighted by atomic mass is 10.1. The van der Waals surface area contributed by atoms with E-state index in [1.807, 2.05) is 32.9 Å². The van der Waals surface area contributed by atoms with Gasteiger partial charge >= 0.3 is 0 Å². The molecule has 4 rings (SSSR count). The van der Waals surface area contributed by atoms with E-state index in [9.17, 15) is 13.2 Å². The van der Waals surface area contributed by atoms with E-state index in [1.54, 1.807) is 39.6 Å². The number of amides is 1. The Kier molecular flexibility index (Phi) is 7.20. The Morgan fingerprint density at radius 1 is 1.06 bits per heavy atom. The highest BCUT2D eigenvalue weighted by Gasteiger charge is 2.33. The first-order valence-corrected chi connectivity index (χ1v) is 13.2. The molecule has 35 heavy (non-hydrogen) atoms. The quantitative estimate of drug-likeness (QED) is 0.474. The van der Waals surface area contributed by atoms with Crippen LogP contribution in [0.3, 0.4) is 0 Å². The summed E-state index contributed by atoms with van der Waals surface area (Å²) in [6.07, 6.45) is 3.24. The number of aromatic nitrogens is 4. The lowest BCUT2D eigenvalue weighted by Gasteiger charge is -2.33. The van der Waals surface area contributed by atoms with E-state index in [0.717, 1.165) is 11.1 Å². The van der Waals surface area contributed by atoms with Crippen molar-refractivity contribution in [3.8, 4) is 5.75 Å². The van der Waals surface area contributed by atoms with Gasteiger partial charge in [-0.1, -0.05) is 11.6 Å². The lowest BCUT2D eigenvalue weighted by Crippen LogP contribution is -2.50. The second-order valence-corrected chi connectivity index (χ2v) is 10.8. The van der Waals surface area contributed by atoms with Crippen molar-refractivity contribution in [1.29, 1.82) is 0 Å². The monoisotopic (exact) mass is 520 g/mol. The Bertz CT molecular complexity index is 1320. The number of carbonyl (C=O) groups is 1. The van der Waals surface area contributed by atoms with Gasteiger partial charge in [0.25, 0.3) is 5.91 Å². The minimum Gasteiger partial charge on any atom is -0.471 e. The second kappa shape index (κ2) is 10.00. The second-order valence-electron chi connectivity index (χ2n) is 8.52. The van der Waals surface area contributed by atoms with Gasteiger partial charge < -0.3 is 9.64 Å². The molecule has 0 bridgehead atoms. The van der Waals surface area contributed by atoms with Crippen LogP contribution in [0, 0.1) is 20.8 Å². The van der Waals surface area contributed by atoms with Crippen LogP contribution in [0.15, 0.2) is 35.5 Å². The number of aryl methyl sites for hydroxylation is 4. The first-order chi connectivity index (χ1) is 16.6. The van der Waals surface area contributed by atoms with Crippen LogP contribution in [0.4, 0.5) is 0 Å². The molecule has 1 amide bonds. The zero-order valence-corrected chi connectivity index (χ0v) is 21.8. The summed E-state index contributed by atoms with van der Waals surface area (Å²) in [7, 11) is -3.67. The molecule has 0 saturated carbocycles. The molecule has 0 atom stereocenters. The van der Waals surface area contributed by atoms with Gasteiger partial charge in [0, 0.05) is 50.1 Å². The molecular weight excluding hydrogens is 492 g/mol. The number of carbonyl (C=O) groups excluding carboxylic acids is 1. The van der Waals surface area contributed by atoms with Crippen LogP contribution in [0.2, 0.25) is 5.02 Å². The number of sulfonamides is 1. The number of hydrogen-bond acceptors (Lipinski definition) is 6. The van der Waals surface area contributed by atoms with E-state index in [-0.39, 0.29) is 49.4 Å². The summed E-state index contributed by atoms with van der Waals surface area (Å²) in [5.41, 5.74) is 2.61. The van der Waals surface area contributed by atoms with Crippen LogP contribution in [-0.2, 0) is 23.3 Å². The number of piperazine rings is 1. The number of rotatable bonds is 7. The van der Waals surface area contributed by atoms with Gasteiger partial charge in [-0.05, 0) is 57.0 Å². The van der Waals surface area contributed by atoms with E-state index in [0.29, 0.717) is 23.0 Å². The minimum absolute atomic E-state index is 0.143. The summed E-state index contributed by atoms with van der Waals surface area (Å²) in [6.45, 7) is 9.15. The fraction of sp³-hybridized carbons (Fsp3) is 0.435. The molecule has 0 spiro atoms. The van der Waals surface area contributed by atoms with E-state index in [4.69, 9.17) is 16.3 Å². The van der Waals surface area contributed by atoms with Crippen molar-refractivity contribution in [2.75, 3.05) is 26.2 Å². The van der Waals surface area contributed by atoms with Gasteiger partial charge in [0.15, 0.2) is 12.4 Å². The van der Waals surface area contributed by atoms with E-state index in [2.05, 4.69) is 10.2 Å². The van der Waals surface area contributed by atoms with Gasteiger partial charge in [-0.3, -0.25) is 9.48 Å². The first-order valence-electron chi connectivity index (χ1n) is 11.4. The predicted octanol–water partition coefficient (Wildman–Crippen LogP) is 2.86. The van der Waals surface area contributed by atoms with E-state index < -0.39 is 10.0 Å². The van der Waals surface area contributed by atoms with Crippen LogP contribution < -0.4 is 4.74 Å². The van der Waals surface area contributed by atoms with Crippen molar-refractivity contribution in [3.05, 3.63) is 58.1 Å². The van der Waals surface area contributed by atoms with E-state index >= 15 is 0 Å². The number of ether oxygens (including phenoxy) is 1. The molecule has 0 N–H and O–H groups in total. The van der Waals surface area contributed by atoms with Gasteiger partial charge in [-0.2, -0.15) is 14.5 Å². The number of hydrogen-bond donors (Lipinski definition) is 0. The third-order valence-electron chi connectivity index (χ3n) is 6.00. The largest absolute Gasteiger partial charge is 0.471 e. The van der Waals surface area contributed by atoms with Crippen LogP contribution >= 0.6 is 11.6 Å². The predicted molar refractivity (Wildman–Crippen MR) is 131 cm³/mol. The van der Waals surface area contributed by atoms with Crippen LogP contribution in [-0.4, -0.2) is 69.3 Å². The average molecular weight is 521 g/mol. The van der Waals surface area contributed by atoms with Crippen LogP contribution in [0.25, 0.3) is 0 Å². The molecule has 12 heteroatoms. The maximum Gasteiger partial charge on any atom is 0.274 e. The van der Waals surface area contributed by atoms with E-state index in [1.165, 1.54) is 4.31 Å². The maximum absolute atomic E-state index is 13.1. The Labute approximate surface area is 210 Å². The number of benzene rings is 1. The summed E-state index contributed by atoms with van der Waals surface area (Å²) in [5, 5.41) is 9.29. The highest BCUT2D eigenvalue weighted by molar-refractivity contribution is 7.89. The Morgan fingerprint density at radius 3 is 2.31 bits per heavy atom. The summed E-state index contributed by atoms with van der Waals surface area (Å²) < 4.78 is 36.5. The van der Waals surface area contributed by atoms with Crippen molar-refractivity contribution in [1.82, 2.24) is 28.8 Å². The van der Waals surface area contributed by atoms with Crippen molar-refractivity contribution in [2.45, 2.75) is 45.9 Å². The summed E-state index contributed by atoms with van der Waals surface area (Å²) >= 11 is 6.20. The lowest BCUT2D eigenvalue weighted by molar-refractivity contribution is 0.0690. The van der Waals surface area contributed by atoms with Crippen LogP contribution in [0.5, 0.6) is 5.75 Å².